The number of anilines is 2. The molecule has 3 fully saturated rings. The number of rotatable bonds is 5. The first-order valence-electron chi connectivity index (χ1n) is 14.7. The van der Waals surface area contributed by atoms with Crippen molar-refractivity contribution < 1.29 is 35.5 Å². The Labute approximate surface area is 261 Å². The summed E-state index contributed by atoms with van der Waals surface area (Å²) < 4.78 is 111. The second kappa shape index (κ2) is 11.1. The molecular weight excluding hydrogens is 639 g/mol. The summed E-state index contributed by atoms with van der Waals surface area (Å²) in [5, 5.41) is 8.82. The number of hydrogen-bond donors (Lipinski definition) is 1. The van der Waals surface area contributed by atoms with Gasteiger partial charge >= 0.3 is 12.2 Å². The normalized spacial score (nSPS) is 25.3. The lowest BCUT2D eigenvalue weighted by Gasteiger charge is -2.34. The molecule has 2 unspecified atom stereocenters. The van der Waals surface area contributed by atoms with Gasteiger partial charge in [0.2, 0.25) is 0 Å². The number of nitrogens with two attached hydrogens (primary N) is 1. The summed E-state index contributed by atoms with van der Waals surface area (Å²) in [5.41, 5.74) is 1.64. The van der Waals surface area contributed by atoms with Crippen LogP contribution >= 0.6 is 11.3 Å². The standard InChI is InChI=1S/C30H26F7N7OS/c31-15-9-29(5-1-6-44(29)11-15)13-45-28-41-23-17(26(42-28)43-7-4-14(10-38)20(33)12-43)8-18(30(35,36)37)21(22(23)34)16-2-3-19(32)25-24(16)40-27(39)46-25/h2-3,8,14-15,20H,1,4-7,9,11-13H2,(H2,39,40)/t14?,15-,20?,29+/m1/s1. The summed E-state index contributed by atoms with van der Waals surface area (Å²) in [7, 11) is 0. The third-order valence-corrected chi connectivity index (χ3v) is 10.1. The zero-order valence-corrected chi connectivity index (χ0v) is 24.9. The number of ether oxygens (including phenoxy) is 1. The van der Waals surface area contributed by atoms with Crippen LogP contribution in [0.3, 0.4) is 0 Å². The van der Waals surface area contributed by atoms with Gasteiger partial charge in [0.15, 0.2) is 10.9 Å². The predicted molar refractivity (Wildman–Crippen MR) is 157 cm³/mol. The topological polar surface area (TPSA) is 104 Å². The Kier molecular flexibility index (Phi) is 7.39. The van der Waals surface area contributed by atoms with Gasteiger partial charge in [-0.3, -0.25) is 4.90 Å². The highest BCUT2D eigenvalue weighted by atomic mass is 32.1. The van der Waals surface area contributed by atoms with Crippen molar-refractivity contribution in [2.45, 2.75) is 49.7 Å². The van der Waals surface area contributed by atoms with Crippen LogP contribution in [0.4, 0.5) is 41.7 Å². The van der Waals surface area contributed by atoms with Gasteiger partial charge in [-0.15, -0.1) is 0 Å². The summed E-state index contributed by atoms with van der Waals surface area (Å²) in [6.45, 7) is 0.529. The summed E-state index contributed by atoms with van der Waals surface area (Å²) in [6, 6.07) is 4.10. The van der Waals surface area contributed by atoms with E-state index in [9.17, 15) is 31.6 Å². The molecule has 242 valence electrons. The molecule has 16 heteroatoms. The molecule has 3 saturated heterocycles. The first kappa shape index (κ1) is 30.7. The van der Waals surface area contributed by atoms with Gasteiger partial charge in [-0.1, -0.05) is 11.3 Å². The molecule has 4 aromatic rings. The molecule has 2 aromatic carbocycles. The Hall–Kier alpha value is -3.97. The molecule has 46 heavy (non-hydrogen) atoms. The van der Waals surface area contributed by atoms with Gasteiger partial charge in [0, 0.05) is 36.0 Å². The molecule has 0 aliphatic carbocycles. The van der Waals surface area contributed by atoms with Gasteiger partial charge in [-0.05, 0) is 44.0 Å². The average molecular weight is 666 g/mol. The number of nitrogens with zero attached hydrogens (tertiary/aromatic N) is 6. The summed E-state index contributed by atoms with van der Waals surface area (Å²) in [6.07, 6.45) is -6.09. The third kappa shape index (κ3) is 5.04. The Morgan fingerprint density at radius 3 is 2.65 bits per heavy atom. The van der Waals surface area contributed by atoms with Gasteiger partial charge < -0.3 is 15.4 Å². The van der Waals surface area contributed by atoms with Crippen molar-refractivity contribution in [1.82, 2.24) is 19.9 Å². The molecule has 0 radical (unpaired) electrons. The van der Waals surface area contributed by atoms with Gasteiger partial charge in [0.1, 0.15) is 36.1 Å². The number of aromatic nitrogens is 3. The molecule has 0 saturated carbocycles. The largest absolute Gasteiger partial charge is 0.461 e. The van der Waals surface area contributed by atoms with E-state index in [1.807, 2.05) is 11.0 Å². The third-order valence-electron chi connectivity index (χ3n) is 9.21. The lowest BCUT2D eigenvalue weighted by atomic mass is 9.94. The first-order valence-corrected chi connectivity index (χ1v) is 15.5. The number of nitriles is 1. The smallest absolute Gasteiger partial charge is 0.417 e. The molecule has 5 heterocycles. The fraction of sp³-hybridized carbons (Fsp3) is 0.467. The lowest BCUT2D eigenvalue weighted by molar-refractivity contribution is -0.137. The van der Waals surface area contributed by atoms with Crippen LogP contribution in [0.5, 0.6) is 6.01 Å². The van der Waals surface area contributed by atoms with Crippen molar-refractivity contribution in [3.63, 3.8) is 0 Å². The quantitative estimate of drug-likeness (QED) is 0.244. The van der Waals surface area contributed by atoms with Crippen LogP contribution in [-0.4, -0.2) is 70.5 Å². The van der Waals surface area contributed by atoms with E-state index < -0.39 is 58.3 Å². The van der Waals surface area contributed by atoms with Gasteiger partial charge in [0.05, 0.1) is 39.9 Å². The SMILES string of the molecule is N#CC1CCN(c2nc(OC[C@@]34CCCN3C[C@H](F)C4)nc3c(F)c(-c4ccc(F)c5sc(N)nc45)c(C(F)(F)F)cc23)CC1F. The predicted octanol–water partition coefficient (Wildman–Crippen LogP) is 6.43. The molecule has 2 aromatic heterocycles. The van der Waals surface area contributed by atoms with Crippen LogP contribution in [0.25, 0.3) is 32.2 Å². The van der Waals surface area contributed by atoms with Gasteiger partial charge in [0.25, 0.3) is 0 Å². The van der Waals surface area contributed by atoms with Crippen molar-refractivity contribution in [1.29, 1.82) is 5.26 Å². The molecular formula is C30H26F7N7OS. The minimum absolute atomic E-state index is 0.0485. The number of alkyl halides is 5. The van der Waals surface area contributed by atoms with Crippen molar-refractivity contribution in [3.05, 3.63) is 35.4 Å². The molecule has 7 rings (SSSR count). The molecule has 2 N–H and O–H groups in total. The number of piperidine rings is 1. The minimum atomic E-state index is -5.11. The van der Waals surface area contributed by atoms with Crippen LogP contribution in [0.2, 0.25) is 0 Å². The second-order valence-corrected chi connectivity index (χ2v) is 13.0. The highest BCUT2D eigenvalue weighted by Gasteiger charge is 2.49. The van der Waals surface area contributed by atoms with E-state index in [1.54, 1.807) is 0 Å². The highest BCUT2D eigenvalue weighted by Crippen LogP contribution is 2.47. The van der Waals surface area contributed by atoms with E-state index in [2.05, 4.69) is 15.0 Å². The average Bonchev–Trinajstić information content (AvgIpc) is 3.67. The van der Waals surface area contributed by atoms with Crippen LogP contribution in [0.1, 0.15) is 31.2 Å². The van der Waals surface area contributed by atoms with Crippen LogP contribution < -0.4 is 15.4 Å². The van der Waals surface area contributed by atoms with E-state index >= 15 is 4.39 Å². The van der Waals surface area contributed by atoms with E-state index in [0.717, 1.165) is 18.6 Å². The maximum Gasteiger partial charge on any atom is 0.417 e. The number of benzene rings is 2. The summed E-state index contributed by atoms with van der Waals surface area (Å²) in [5.74, 6) is -3.31. The number of thiazole rings is 1. The maximum atomic E-state index is 16.7. The number of nitrogen functional groups attached to an aromatic ring is 1. The van der Waals surface area contributed by atoms with Crippen LogP contribution in [0.15, 0.2) is 18.2 Å². The number of halogens is 7. The molecule has 4 atom stereocenters. The first-order chi connectivity index (χ1) is 21.9. The van der Waals surface area contributed by atoms with Gasteiger partial charge in [-0.2, -0.15) is 28.4 Å². The molecule has 3 aliphatic rings. The van der Waals surface area contributed by atoms with Crippen molar-refractivity contribution in [2.24, 2.45) is 5.92 Å². The van der Waals surface area contributed by atoms with Crippen molar-refractivity contribution in [3.8, 4) is 23.2 Å². The number of fused-ring (bicyclic) bond motifs is 3. The summed E-state index contributed by atoms with van der Waals surface area (Å²) >= 11 is 0.709. The van der Waals surface area contributed by atoms with Gasteiger partial charge in [-0.25, -0.2) is 22.5 Å². The zero-order chi connectivity index (χ0) is 32.5. The minimum Gasteiger partial charge on any atom is -0.461 e. The van der Waals surface area contributed by atoms with Crippen LogP contribution in [-0.2, 0) is 6.18 Å². The highest BCUT2D eigenvalue weighted by molar-refractivity contribution is 7.22. The van der Waals surface area contributed by atoms with E-state index in [1.165, 1.54) is 4.90 Å². The number of hydrogen-bond acceptors (Lipinski definition) is 9. The van der Waals surface area contributed by atoms with E-state index in [-0.39, 0.29) is 77.2 Å². The fourth-order valence-corrected chi connectivity index (χ4v) is 7.83. The van der Waals surface area contributed by atoms with Crippen molar-refractivity contribution in [2.75, 3.05) is 43.4 Å². The Balaban J connectivity index is 1.42. The maximum absolute atomic E-state index is 16.7. The molecule has 0 spiro atoms. The Morgan fingerprint density at radius 1 is 1.11 bits per heavy atom. The summed E-state index contributed by atoms with van der Waals surface area (Å²) in [4.78, 5) is 15.9. The van der Waals surface area contributed by atoms with Crippen LogP contribution in [0, 0.1) is 28.9 Å². The fourth-order valence-electron chi connectivity index (χ4n) is 7.07. The molecule has 0 bridgehead atoms. The second-order valence-electron chi connectivity index (χ2n) is 12.0. The monoisotopic (exact) mass is 665 g/mol. The van der Waals surface area contributed by atoms with E-state index in [0.29, 0.717) is 30.4 Å². The Bertz CT molecular complexity index is 1900. The zero-order valence-electron chi connectivity index (χ0n) is 24.1. The lowest BCUT2D eigenvalue weighted by Crippen LogP contribution is -2.44. The molecule has 3 aliphatic heterocycles. The van der Waals surface area contributed by atoms with E-state index in [4.69, 9.17) is 10.5 Å². The molecule has 0 amide bonds. The Morgan fingerprint density at radius 2 is 1.91 bits per heavy atom. The van der Waals surface area contributed by atoms with Crippen molar-refractivity contribution >= 4 is 43.4 Å². The molecule has 8 nitrogen and oxygen atoms in total.